The van der Waals surface area contributed by atoms with E-state index in [9.17, 15) is 0 Å². The van der Waals surface area contributed by atoms with E-state index in [1.165, 1.54) is 26.1 Å². The zero-order valence-corrected chi connectivity index (χ0v) is 22.4. The Hall–Kier alpha value is -2.05. The summed E-state index contributed by atoms with van der Waals surface area (Å²) in [6.45, 7) is 10.2. The minimum absolute atomic E-state index is 0. The van der Waals surface area contributed by atoms with E-state index in [2.05, 4.69) is 26.1 Å². The molecule has 0 saturated heterocycles. The lowest BCUT2D eigenvalue weighted by atomic mass is 10.1. The average molecular weight is 524 g/mol. The van der Waals surface area contributed by atoms with Gasteiger partial charge in [0.25, 0.3) is 0 Å². The van der Waals surface area contributed by atoms with Crippen molar-refractivity contribution in [1.82, 2.24) is 9.97 Å². The van der Waals surface area contributed by atoms with E-state index in [0.717, 1.165) is 34.5 Å². The van der Waals surface area contributed by atoms with Gasteiger partial charge < -0.3 is 27.4 Å². The molecule has 0 aliphatic rings. The van der Waals surface area contributed by atoms with Gasteiger partial charge in [-0.3, -0.25) is 0 Å². The van der Waals surface area contributed by atoms with Crippen molar-refractivity contribution in [3.8, 4) is 5.75 Å². The number of fused-ring (bicyclic) bond motifs is 1. The second-order valence-corrected chi connectivity index (χ2v) is 9.05. The average Bonchev–Trinajstić information content (AvgIpc) is 2.81. The summed E-state index contributed by atoms with van der Waals surface area (Å²) in [6, 6.07) is 11.6. The van der Waals surface area contributed by atoms with Crippen molar-refractivity contribution >= 4 is 52.1 Å². The summed E-state index contributed by atoms with van der Waals surface area (Å²) in [4.78, 5) is 11.2. The number of methoxy groups -OCH3 is 1. The summed E-state index contributed by atoms with van der Waals surface area (Å²) >= 11 is 12.3. The lowest BCUT2D eigenvalue weighted by Crippen LogP contribution is -3.11. The predicted octanol–water partition coefficient (Wildman–Crippen LogP) is 2.62. The first-order chi connectivity index (χ1) is 15.9. The Kier molecular flexibility index (Phi) is 11.4. The number of hydrogen-bond donors (Lipinski definition) is 2. The van der Waals surface area contributed by atoms with Gasteiger partial charge in [0.2, 0.25) is 0 Å². The molecule has 34 heavy (non-hydrogen) atoms. The molecule has 3 rings (SSSR count). The summed E-state index contributed by atoms with van der Waals surface area (Å²) in [6.07, 6.45) is 6.02. The molecule has 5 nitrogen and oxygen atoms in total. The van der Waals surface area contributed by atoms with Crippen molar-refractivity contribution in [1.29, 1.82) is 0 Å². The van der Waals surface area contributed by atoms with Crippen LogP contribution in [0.4, 0.5) is 5.82 Å². The Morgan fingerprint density at radius 3 is 2.50 bits per heavy atom. The van der Waals surface area contributed by atoms with Gasteiger partial charge in [0, 0.05) is 21.5 Å². The predicted molar refractivity (Wildman–Crippen MR) is 141 cm³/mol. The molecule has 2 aromatic carbocycles. The van der Waals surface area contributed by atoms with Crippen LogP contribution in [0.25, 0.3) is 23.1 Å². The maximum absolute atomic E-state index is 6.31. The highest BCUT2D eigenvalue weighted by atomic mass is 35.5. The molecule has 0 bridgehead atoms. The second-order valence-electron chi connectivity index (χ2n) is 8.21. The van der Waals surface area contributed by atoms with Crippen LogP contribution in [0, 0.1) is 0 Å². The first kappa shape index (κ1) is 28.2. The van der Waals surface area contributed by atoms with Crippen molar-refractivity contribution in [3.05, 3.63) is 57.8 Å². The molecule has 0 aliphatic carbocycles. The molecule has 8 heteroatoms. The van der Waals surface area contributed by atoms with Gasteiger partial charge in [0.1, 0.15) is 11.6 Å². The zero-order chi connectivity index (χ0) is 23.8. The van der Waals surface area contributed by atoms with Crippen LogP contribution in [0.3, 0.4) is 0 Å². The van der Waals surface area contributed by atoms with Crippen LogP contribution >= 0.6 is 23.2 Å². The van der Waals surface area contributed by atoms with Gasteiger partial charge in [-0.2, -0.15) is 0 Å². The molecule has 1 atom stereocenters. The van der Waals surface area contributed by atoms with Crippen LogP contribution in [-0.4, -0.2) is 42.8 Å². The minimum Gasteiger partial charge on any atom is -1.00 e. The molecule has 3 aromatic rings. The Morgan fingerprint density at radius 1 is 1.06 bits per heavy atom. The van der Waals surface area contributed by atoms with Crippen LogP contribution in [0.15, 0.2) is 36.4 Å². The van der Waals surface area contributed by atoms with Crippen molar-refractivity contribution in [2.75, 3.05) is 32.1 Å². The normalized spacial score (nSPS) is 12.2. The zero-order valence-electron chi connectivity index (χ0n) is 20.2. The summed E-state index contributed by atoms with van der Waals surface area (Å²) in [5.74, 6) is 2.20. The molecule has 1 unspecified atom stereocenters. The summed E-state index contributed by atoms with van der Waals surface area (Å²) in [5.41, 5.74) is 1.72. The summed E-state index contributed by atoms with van der Waals surface area (Å²) in [7, 11) is 1.67. The van der Waals surface area contributed by atoms with E-state index in [4.69, 9.17) is 37.9 Å². The Morgan fingerprint density at radius 2 is 1.82 bits per heavy atom. The molecule has 0 aliphatic heterocycles. The quantitative estimate of drug-likeness (QED) is 0.406. The van der Waals surface area contributed by atoms with E-state index in [0.29, 0.717) is 15.9 Å². The highest BCUT2D eigenvalue weighted by molar-refractivity contribution is 6.35. The topological polar surface area (TPSA) is 51.5 Å². The fourth-order valence-electron chi connectivity index (χ4n) is 3.81. The fourth-order valence-corrected chi connectivity index (χ4v) is 4.28. The molecule has 0 amide bonds. The first-order valence-electron chi connectivity index (χ1n) is 11.5. The Labute approximate surface area is 218 Å². The van der Waals surface area contributed by atoms with E-state index in [1.807, 2.05) is 42.5 Å². The van der Waals surface area contributed by atoms with Crippen molar-refractivity contribution in [3.63, 3.8) is 0 Å². The highest BCUT2D eigenvalue weighted by Gasteiger charge is 2.12. The molecular weight excluding hydrogens is 491 g/mol. The molecule has 1 aromatic heterocycles. The molecule has 2 N–H and O–H groups in total. The monoisotopic (exact) mass is 522 g/mol. The molecule has 1 heterocycles. The van der Waals surface area contributed by atoms with Crippen LogP contribution in [0.5, 0.6) is 5.75 Å². The molecule has 0 spiro atoms. The summed E-state index contributed by atoms with van der Waals surface area (Å²) in [5, 5.41) is 5.75. The lowest BCUT2D eigenvalue weighted by molar-refractivity contribution is -0.896. The van der Waals surface area contributed by atoms with E-state index in [-0.39, 0.29) is 18.4 Å². The molecule has 0 radical (unpaired) electrons. The van der Waals surface area contributed by atoms with Gasteiger partial charge in [-0.15, -0.1) is 0 Å². The maximum Gasteiger partial charge on any atom is 0.154 e. The number of aromatic nitrogens is 2. The number of quaternary nitrogens is 1. The van der Waals surface area contributed by atoms with E-state index in [1.54, 1.807) is 18.1 Å². The third-order valence-corrected chi connectivity index (χ3v) is 6.41. The van der Waals surface area contributed by atoms with Crippen LogP contribution in [0.1, 0.15) is 45.0 Å². The summed E-state index contributed by atoms with van der Waals surface area (Å²) < 4.78 is 5.43. The number of nitrogens with one attached hydrogen (secondary N) is 2. The minimum atomic E-state index is 0. The number of rotatable bonds is 11. The van der Waals surface area contributed by atoms with Crippen molar-refractivity contribution in [2.24, 2.45) is 0 Å². The van der Waals surface area contributed by atoms with E-state index >= 15 is 0 Å². The van der Waals surface area contributed by atoms with Gasteiger partial charge in [-0.25, -0.2) is 9.97 Å². The first-order valence-corrected chi connectivity index (χ1v) is 12.3. The number of benzene rings is 2. The van der Waals surface area contributed by atoms with E-state index < -0.39 is 0 Å². The fraction of sp³-hybridized carbons (Fsp3) is 0.385. The number of anilines is 1. The van der Waals surface area contributed by atoms with Gasteiger partial charge in [-0.05, 0) is 81.7 Å². The lowest BCUT2D eigenvalue weighted by Gasteiger charge is -2.19. The van der Waals surface area contributed by atoms with Crippen LogP contribution in [0.2, 0.25) is 10.0 Å². The standard InChI is InChI=1S/C26H32Cl2N4O.ClH/c1-5-32(6-2)15-7-8-18(3)29-26-22-17-21(33-4)12-13-24(22)30-25(31-26)14-10-19-9-11-20(27)16-23(19)28;/h9-14,16-18H,5-8,15H2,1-4H3,(H,29,30,31);1H/b14-10+;. The number of halogens is 3. The largest absolute Gasteiger partial charge is 1.00 e. The van der Waals surface area contributed by atoms with Gasteiger partial charge in [0.15, 0.2) is 5.82 Å². The number of nitrogens with zero attached hydrogens (tertiary/aromatic N) is 2. The smallest absolute Gasteiger partial charge is 0.154 e. The molecule has 184 valence electrons. The van der Waals surface area contributed by atoms with Gasteiger partial charge in [0.05, 0.1) is 32.3 Å². The van der Waals surface area contributed by atoms with Crippen molar-refractivity contribution in [2.45, 2.75) is 39.7 Å². The third-order valence-electron chi connectivity index (χ3n) is 5.85. The van der Waals surface area contributed by atoms with Gasteiger partial charge in [-0.1, -0.05) is 29.3 Å². The van der Waals surface area contributed by atoms with Crippen molar-refractivity contribution < 1.29 is 22.0 Å². The molecular formula is C26H33Cl3N4O. The SMILES string of the molecule is CC[NH+](CC)CCCC(C)Nc1nc(/C=C/c2ccc(Cl)cc2Cl)nc2ccc(OC)cc12.[Cl-]. The highest BCUT2D eigenvalue weighted by Crippen LogP contribution is 2.27. The Bertz CT molecular complexity index is 1100. The van der Waals surface area contributed by atoms with Gasteiger partial charge >= 0.3 is 0 Å². The number of hydrogen-bond acceptors (Lipinski definition) is 4. The van der Waals surface area contributed by atoms with Crippen LogP contribution in [-0.2, 0) is 0 Å². The maximum atomic E-state index is 6.31. The number of ether oxygens (including phenoxy) is 1. The second kappa shape index (κ2) is 13.7. The molecule has 0 fully saturated rings. The Balaban J connectivity index is 0.00000408. The molecule has 0 saturated carbocycles. The third kappa shape index (κ3) is 7.74. The van der Waals surface area contributed by atoms with Crippen LogP contribution < -0.4 is 27.4 Å².